The molecule has 0 heterocycles. The highest BCUT2D eigenvalue weighted by molar-refractivity contribution is 5.90. The minimum Gasteiger partial charge on any atom is -0.454 e. The lowest BCUT2D eigenvalue weighted by Gasteiger charge is -2.14. The van der Waals surface area contributed by atoms with E-state index in [2.05, 4.69) is 6.92 Å². The normalized spacial score (nSPS) is 12.0. The Morgan fingerprint density at radius 3 is 2.27 bits per heavy atom. The number of esters is 1. The molecule has 0 unspecified atom stereocenters. The lowest BCUT2D eigenvalue weighted by Crippen LogP contribution is -2.20. The van der Waals surface area contributed by atoms with Crippen LogP contribution in [0.15, 0.2) is 66.7 Å². The SMILES string of the molecule is CCCCCC(=O)C[C@H](/C=C/c1ccccc1)OC(=O)c1ccccc1. The van der Waals surface area contributed by atoms with Gasteiger partial charge in [0.25, 0.3) is 0 Å². The molecule has 26 heavy (non-hydrogen) atoms. The van der Waals surface area contributed by atoms with E-state index in [-0.39, 0.29) is 12.2 Å². The summed E-state index contributed by atoms with van der Waals surface area (Å²) in [6, 6.07) is 18.6. The van der Waals surface area contributed by atoms with Gasteiger partial charge < -0.3 is 4.74 Å². The Morgan fingerprint density at radius 1 is 0.962 bits per heavy atom. The van der Waals surface area contributed by atoms with Crippen molar-refractivity contribution in [3.8, 4) is 0 Å². The molecule has 2 aromatic carbocycles. The Morgan fingerprint density at radius 2 is 1.62 bits per heavy atom. The molecular formula is C23H26O3. The minimum absolute atomic E-state index is 0.127. The lowest BCUT2D eigenvalue weighted by atomic mass is 10.1. The molecule has 0 aromatic heterocycles. The summed E-state index contributed by atoms with van der Waals surface area (Å²) >= 11 is 0. The predicted octanol–water partition coefficient (Wildman–Crippen LogP) is 5.46. The fourth-order valence-corrected chi connectivity index (χ4v) is 2.61. The second-order valence-electron chi connectivity index (χ2n) is 6.28. The second-order valence-corrected chi connectivity index (χ2v) is 6.28. The zero-order valence-corrected chi connectivity index (χ0v) is 15.3. The van der Waals surface area contributed by atoms with Crippen LogP contribution in [0.25, 0.3) is 6.08 Å². The molecule has 0 bridgehead atoms. The number of Topliss-reactive ketones (excluding diaryl/α,β-unsaturated/α-hetero) is 1. The van der Waals surface area contributed by atoms with Gasteiger partial charge >= 0.3 is 5.97 Å². The van der Waals surface area contributed by atoms with E-state index in [4.69, 9.17) is 4.74 Å². The maximum Gasteiger partial charge on any atom is 0.338 e. The topological polar surface area (TPSA) is 43.4 Å². The van der Waals surface area contributed by atoms with Crippen LogP contribution in [0.5, 0.6) is 0 Å². The molecule has 2 aromatic rings. The maximum atomic E-state index is 12.3. The molecule has 3 heteroatoms. The first-order valence-corrected chi connectivity index (χ1v) is 9.20. The quantitative estimate of drug-likeness (QED) is 0.422. The molecule has 136 valence electrons. The van der Waals surface area contributed by atoms with Crippen molar-refractivity contribution in [3.05, 3.63) is 77.9 Å². The van der Waals surface area contributed by atoms with Crippen LogP contribution in [0.4, 0.5) is 0 Å². The Kier molecular flexibility index (Phi) is 8.34. The van der Waals surface area contributed by atoms with Gasteiger partial charge in [0, 0.05) is 12.8 Å². The van der Waals surface area contributed by atoms with Gasteiger partial charge in [-0.2, -0.15) is 0 Å². The molecule has 0 saturated heterocycles. The summed E-state index contributed by atoms with van der Waals surface area (Å²) < 4.78 is 5.59. The first-order chi connectivity index (χ1) is 12.7. The second kappa shape index (κ2) is 11.0. The molecule has 0 aliphatic rings. The van der Waals surface area contributed by atoms with Gasteiger partial charge in [0.05, 0.1) is 5.56 Å². The standard InChI is InChI=1S/C23H26O3/c1-2-3-6-15-21(24)18-22(17-16-19-11-7-4-8-12-19)26-23(25)20-13-9-5-10-14-20/h4-5,7-14,16-17,22H,2-3,6,15,18H2,1H3/b17-16+/t22-/m0/s1. The van der Waals surface area contributed by atoms with Crippen LogP contribution in [0.2, 0.25) is 0 Å². The summed E-state index contributed by atoms with van der Waals surface area (Å²) in [6.45, 7) is 2.11. The predicted molar refractivity (Wildman–Crippen MR) is 105 cm³/mol. The summed E-state index contributed by atoms with van der Waals surface area (Å²) in [7, 11) is 0. The average Bonchev–Trinajstić information content (AvgIpc) is 2.68. The largest absolute Gasteiger partial charge is 0.454 e. The molecule has 0 aliphatic carbocycles. The van der Waals surface area contributed by atoms with Gasteiger partial charge in [-0.1, -0.05) is 74.4 Å². The van der Waals surface area contributed by atoms with E-state index in [0.29, 0.717) is 12.0 Å². The summed E-state index contributed by atoms with van der Waals surface area (Å²) in [5, 5.41) is 0. The van der Waals surface area contributed by atoms with Crippen molar-refractivity contribution < 1.29 is 14.3 Å². The van der Waals surface area contributed by atoms with Gasteiger partial charge in [0.2, 0.25) is 0 Å². The molecule has 0 aliphatic heterocycles. The van der Waals surface area contributed by atoms with Gasteiger partial charge in [-0.15, -0.1) is 0 Å². The Bertz CT molecular complexity index is 705. The average molecular weight is 350 g/mol. The van der Waals surface area contributed by atoms with E-state index in [1.165, 1.54) is 0 Å². The van der Waals surface area contributed by atoms with E-state index in [9.17, 15) is 9.59 Å². The number of benzene rings is 2. The van der Waals surface area contributed by atoms with Crippen LogP contribution in [-0.4, -0.2) is 17.9 Å². The molecule has 2 rings (SSSR count). The fourth-order valence-electron chi connectivity index (χ4n) is 2.61. The van der Waals surface area contributed by atoms with Crippen LogP contribution in [0.1, 0.15) is 54.9 Å². The number of ether oxygens (including phenoxy) is 1. The summed E-state index contributed by atoms with van der Waals surface area (Å²) in [5.74, 6) is -0.281. The van der Waals surface area contributed by atoms with E-state index >= 15 is 0 Å². The number of hydrogen-bond acceptors (Lipinski definition) is 3. The Hall–Kier alpha value is -2.68. The highest BCUT2D eigenvalue weighted by Gasteiger charge is 2.17. The smallest absolute Gasteiger partial charge is 0.338 e. The van der Waals surface area contributed by atoms with Crippen molar-refractivity contribution in [3.63, 3.8) is 0 Å². The molecular weight excluding hydrogens is 324 g/mol. The number of hydrogen-bond donors (Lipinski definition) is 0. The number of rotatable bonds is 10. The molecule has 0 saturated carbocycles. The lowest BCUT2D eigenvalue weighted by molar-refractivity contribution is -0.120. The van der Waals surface area contributed by atoms with E-state index < -0.39 is 12.1 Å². The van der Waals surface area contributed by atoms with Gasteiger partial charge in [-0.25, -0.2) is 4.79 Å². The molecule has 3 nitrogen and oxygen atoms in total. The molecule has 0 radical (unpaired) electrons. The van der Waals surface area contributed by atoms with Crippen molar-refractivity contribution in [2.75, 3.05) is 0 Å². The Balaban J connectivity index is 2.03. The maximum absolute atomic E-state index is 12.3. The molecule has 1 atom stereocenters. The zero-order valence-electron chi connectivity index (χ0n) is 15.3. The van der Waals surface area contributed by atoms with E-state index in [1.807, 2.05) is 42.5 Å². The van der Waals surface area contributed by atoms with E-state index in [1.54, 1.807) is 30.3 Å². The van der Waals surface area contributed by atoms with Crippen LogP contribution >= 0.6 is 0 Å². The van der Waals surface area contributed by atoms with Gasteiger partial charge in [0.1, 0.15) is 11.9 Å². The Labute approximate surface area is 155 Å². The highest BCUT2D eigenvalue weighted by Crippen LogP contribution is 2.13. The molecule has 0 amide bonds. The fraction of sp³-hybridized carbons (Fsp3) is 0.304. The van der Waals surface area contributed by atoms with Gasteiger partial charge in [-0.3, -0.25) is 4.79 Å². The van der Waals surface area contributed by atoms with Gasteiger partial charge in [0.15, 0.2) is 0 Å². The van der Waals surface area contributed by atoms with Crippen molar-refractivity contribution >= 4 is 17.8 Å². The van der Waals surface area contributed by atoms with Crippen molar-refractivity contribution in [2.24, 2.45) is 0 Å². The van der Waals surface area contributed by atoms with Crippen LogP contribution in [0.3, 0.4) is 0 Å². The van der Waals surface area contributed by atoms with E-state index in [0.717, 1.165) is 24.8 Å². The highest BCUT2D eigenvalue weighted by atomic mass is 16.5. The first-order valence-electron chi connectivity index (χ1n) is 9.20. The first kappa shape index (κ1) is 19.6. The number of unbranched alkanes of at least 4 members (excludes halogenated alkanes) is 2. The zero-order chi connectivity index (χ0) is 18.6. The molecule has 0 N–H and O–H groups in total. The third kappa shape index (κ3) is 7.06. The summed E-state index contributed by atoms with van der Waals surface area (Å²) in [4.78, 5) is 24.6. The summed E-state index contributed by atoms with van der Waals surface area (Å²) in [6.07, 6.45) is 6.89. The number of ketones is 1. The number of carbonyl (C=O) groups excluding carboxylic acids is 2. The summed E-state index contributed by atoms with van der Waals surface area (Å²) in [5.41, 5.74) is 1.50. The van der Waals surface area contributed by atoms with Crippen LogP contribution in [0, 0.1) is 0 Å². The van der Waals surface area contributed by atoms with Crippen LogP contribution < -0.4 is 0 Å². The molecule has 0 spiro atoms. The van der Waals surface area contributed by atoms with Crippen molar-refractivity contribution in [1.82, 2.24) is 0 Å². The van der Waals surface area contributed by atoms with Crippen molar-refractivity contribution in [1.29, 1.82) is 0 Å². The third-order valence-electron chi connectivity index (χ3n) is 4.06. The monoisotopic (exact) mass is 350 g/mol. The van der Waals surface area contributed by atoms with Crippen molar-refractivity contribution in [2.45, 2.75) is 45.1 Å². The third-order valence-corrected chi connectivity index (χ3v) is 4.06. The van der Waals surface area contributed by atoms with Gasteiger partial charge in [-0.05, 0) is 30.2 Å². The van der Waals surface area contributed by atoms with Crippen LogP contribution in [-0.2, 0) is 9.53 Å². The number of carbonyl (C=O) groups is 2. The minimum atomic E-state index is -0.558. The molecule has 0 fully saturated rings.